The number of ketones is 1. The van der Waals surface area contributed by atoms with Gasteiger partial charge >= 0.3 is 0 Å². The monoisotopic (exact) mass is 451 g/mol. The SMILES string of the molecule is CC(=O)c1ccc(-c2cncc3[nH]c(-c4n[nH]c5ccc(-c6cncc(O)c6)cc45)cc23)s1. The molecule has 33 heavy (non-hydrogen) atoms. The van der Waals surface area contributed by atoms with Crippen molar-refractivity contribution in [2.45, 2.75) is 6.92 Å². The van der Waals surface area contributed by atoms with E-state index in [1.165, 1.54) is 17.5 Å². The molecule has 160 valence electrons. The molecular formula is C25H17N5O2S. The number of hydrogen-bond donors (Lipinski definition) is 3. The number of carbonyl (C=O) groups is 1. The zero-order valence-corrected chi connectivity index (χ0v) is 18.3. The van der Waals surface area contributed by atoms with Crippen LogP contribution in [0.15, 0.2) is 67.3 Å². The van der Waals surface area contributed by atoms with Gasteiger partial charge in [0.2, 0.25) is 0 Å². The van der Waals surface area contributed by atoms with Crippen molar-refractivity contribution in [1.29, 1.82) is 0 Å². The number of nitrogens with one attached hydrogen (secondary N) is 2. The van der Waals surface area contributed by atoms with Gasteiger partial charge in [0, 0.05) is 39.2 Å². The summed E-state index contributed by atoms with van der Waals surface area (Å²) in [5.41, 5.74) is 6.18. The van der Waals surface area contributed by atoms with Crippen molar-refractivity contribution >= 4 is 38.9 Å². The lowest BCUT2D eigenvalue weighted by molar-refractivity contribution is 0.102. The van der Waals surface area contributed by atoms with Gasteiger partial charge in [0.15, 0.2) is 5.78 Å². The number of H-pyrrole nitrogens is 2. The molecule has 0 bridgehead atoms. The summed E-state index contributed by atoms with van der Waals surface area (Å²) < 4.78 is 0. The molecule has 1 aromatic carbocycles. The molecule has 7 nitrogen and oxygen atoms in total. The predicted molar refractivity (Wildman–Crippen MR) is 129 cm³/mol. The lowest BCUT2D eigenvalue weighted by atomic mass is 10.0. The molecule has 0 aliphatic carbocycles. The molecule has 0 spiro atoms. The first-order chi connectivity index (χ1) is 16.1. The van der Waals surface area contributed by atoms with E-state index in [1.54, 1.807) is 25.4 Å². The summed E-state index contributed by atoms with van der Waals surface area (Å²) in [6, 6.07) is 13.5. The Morgan fingerprint density at radius 2 is 1.79 bits per heavy atom. The predicted octanol–water partition coefficient (Wildman–Crippen LogP) is 5.80. The van der Waals surface area contributed by atoms with Crippen LogP contribution in [0.3, 0.4) is 0 Å². The van der Waals surface area contributed by atoms with Gasteiger partial charge < -0.3 is 10.1 Å². The molecule has 6 aromatic rings. The molecule has 8 heteroatoms. The Labute approximate surface area is 191 Å². The fourth-order valence-electron chi connectivity index (χ4n) is 4.03. The molecule has 5 aromatic heterocycles. The highest BCUT2D eigenvalue weighted by Crippen LogP contribution is 2.37. The largest absolute Gasteiger partial charge is 0.506 e. The zero-order chi connectivity index (χ0) is 22.5. The minimum Gasteiger partial charge on any atom is -0.506 e. The molecule has 0 saturated carbocycles. The fraction of sp³-hybridized carbons (Fsp3) is 0.0400. The molecule has 0 aliphatic rings. The zero-order valence-electron chi connectivity index (χ0n) is 17.5. The Kier molecular flexibility index (Phi) is 4.34. The highest BCUT2D eigenvalue weighted by atomic mass is 32.1. The topological polar surface area (TPSA) is 108 Å². The Bertz CT molecular complexity index is 1680. The van der Waals surface area contributed by atoms with Crippen LogP contribution in [0.1, 0.15) is 16.6 Å². The van der Waals surface area contributed by atoms with Crippen LogP contribution in [0.4, 0.5) is 0 Å². The number of benzene rings is 1. The van der Waals surface area contributed by atoms with Crippen LogP contribution in [0, 0.1) is 0 Å². The quantitative estimate of drug-likeness (QED) is 0.293. The van der Waals surface area contributed by atoms with Gasteiger partial charge in [0.05, 0.1) is 34.0 Å². The summed E-state index contributed by atoms with van der Waals surface area (Å²) in [4.78, 5) is 25.4. The second-order valence-electron chi connectivity index (χ2n) is 7.82. The van der Waals surface area contributed by atoms with Gasteiger partial charge in [-0.15, -0.1) is 11.3 Å². The van der Waals surface area contributed by atoms with E-state index in [4.69, 9.17) is 0 Å². The van der Waals surface area contributed by atoms with Crippen LogP contribution < -0.4 is 0 Å². The molecule has 5 heterocycles. The van der Waals surface area contributed by atoms with Gasteiger partial charge in [0.1, 0.15) is 11.4 Å². The van der Waals surface area contributed by atoms with Crippen molar-refractivity contribution in [3.05, 3.63) is 72.1 Å². The third kappa shape index (κ3) is 3.28. The van der Waals surface area contributed by atoms with E-state index < -0.39 is 0 Å². The molecule has 0 atom stereocenters. The number of carbonyl (C=O) groups excluding carboxylic acids is 1. The second-order valence-corrected chi connectivity index (χ2v) is 8.90. The number of aromatic amines is 2. The normalized spacial score (nSPS) is 11.4. The Hall–Kier alpha value is -4.30. The second kappa shape index (κ2) is 7.39. The first-order valence-electron chi connectivity index (χ1n) is 10.3. The van der Waals surface area contributed by atoms with Crippen LogP contribution in [-0.2, 0) is 0 Å². The van der Waals surface area contributed by atoms with Gasteiger partial charge in [-0.25, -0.2) is 0 Å². The number of Topliss-reactive ketones (excluding diaryl/α,β-unsaturated/α-hetero) is 1. The number of aromatic hydroxyl groups is 1. The minimum atomic E-state index is 0.0573. The van der Waals surface area contributed by atoms with Crippen molar-refractivity contribution in [1.82, 2.24) is 25.1 Å². The van der Waals surface area contributed by atoms with E-state index in [1.807, 2.05) is 36.5 Å². The van der Waals surface area contributed by atoms with Crippen molar-refractivity contribution in [3.63, 3.8) is 0 Å². The summed E-state index contributed by atoms with van der Waals surface area (Å²) in [5, 5.41) is 19.4. The number of fused-ring (bicyclic) bond motifs is 2. The number of aromatic nitrogens is 5. The number of rotatable bonds is 4. The fourth-order valence-corrected chi connectivity index (χ4v) is 4.96. The maximum atomic E-state index is 11.7. The summed E-state index contributed by atoms with van der Waals surface area (Å²) in [7, 11) is 0. The van der Waals surface area contributed by atoms with Gasteiger partial charge in [-0.1, -0.05) is 6.07 Å². The maximum Gasteiger partial charge on any atom is 0.169 e. The van der Waals surface area contributed by atoms with Gasteiger partial charge in [0.25, 0.3) is 0 Å². The lowest BCUT2D eigenvalue weighted by Crippen LogP contribution is -1.83. The number of thiophene rings is 1. The Balaban J connectivity index is 1.48. The van der Waals surface area contributed by atoms with Crippen LogP contribution in [-0.4, -0.2) is 36.0 Å². The van der Waals surface area contributed by atoms with Gasteiger partial charge in [-0.3, -0.25) is 19.9 Å². The summed E-state index contributed by atoms with van der Waals surface area (Å²) >= 11 is 1.47. The molecule has 0 radical (unpaired) electrons. The number of hydrogen-bond acceptors (Lipinski definition) is 6. The summed E-state index contributed by atoms with van der Waals surface area (Å²) in [5.74, 6) is 0.180. The van der Waals surface area contributed by atoms with Crippen molar-refractivity contribution < 1.29 is 9.90 Å². The van der Waals surface area contributed by atoms with Crippen molar-refractivity contribution in [2.24, 2.45) is 0 Å². The minimum absolute atomic E-state index is 0.0573. The van der Waals surface area contributed by atoms with Crippen molar-refractivity contribution in [2.75, 3.05) is 0 Å². The molecule has 3 N–H and O–H groups in total. The smallest absolute Gasteiger partial charge is 0.169 e. The first-order valence-corrected chi connectivity index (χ1v) is 11.1. The van der Waals surface area contributed by atoms with E-state index >= 15 is 0 Å². The molecule has 0 fully saturated rings. The highest BCUT2D eigenvalue weighted by Gasteiger charge is 2.16. The third-order valence-corrected chi connectivity index (χ3v) is 6.86. The number of pyridine rings is 2. The van der Waals surface area contributed by atoms with Gasteiger partial charge in [-0.2, -0.15) is 5.10 Å². The maximum absolute atomic E-state index is 11.7. The Morgan fingerprint density at radius 1 is 0.909 bits per heavy atom. The molecular weight excluding hydrogens is 434 g/mol. The molecule has 0 unspecified atom stereocenters. The molecule has 0 saturated heterocycles. The van der Waals surface area contributed by atoms with Crippen LogP contribution in [0.5, 0.6) is 5.75 Å². The number of nitrogens with zero attached hydrogens (tertiary/aromatic N) is 3. The first kappa shape index (κ1) is 19.4. The molecule has 0 amide bonds. The average molecular weight is 452 g/mol. The third-order valence-electron chi connectivity index (χ3n) is 5.64. The van der Waals surface area contributed by atoms with E-state index in [0.717, 1.165) is 59.6 Å². The summed E-state index contributed by atoms with van der Waals surface area (Å²) in [6.45, 7) is 1.58. The Morgan fingerprint density at radius 3 is 2.61 bits per heavy atom. The lowest BCUT2D eigenvalue weighted by Gasteiger charge is -2.02. The standard InChI is InChI=1S/C25H17N5O2S/c1-13(31)23-4-5-24(33-23)19-11-27-12-22-17(19)8-21(28-22)25-18-7-14(2-3-20(18)29-30-25)15-6-16(32)10-26-9-15/h2-12,28,32H,1H3,(H,29,30). The van der Waals surface area contributed by atoms with E-state index in [0.29, 0.717) is 0 Å². The highest BCUT2D eigenvalue weighted by molar-refractivity contribution is 7.17. The van der Waals surface area contributed by atoms with Crippen LogP contribution in [0.25, 0.3) is 54.8 Å². The molecule has 6 rings (SSSR count). The van der Waals surface area contributed by atoms with Crippen LogP contribution >= 0.6 is 11.3 Å². The van der Waals surface area contributed by atoms with E-state index in [9.17, 15) is 9.90 Å². The molecule has 0 aliphatic heterocycles. The average Bonchev–Trinajstić information content (AvgIpc) is 3.55. The van der Waals surface area contributed by atoms with E-state index in [2.05, 4.69) is 31.2 Å². The van der Waals surface area contributed by atoms with Crippen LogP contribution in [0.2, 0.25) is 0 Å². The summed E-state index contributed by atoms with van der Waals surface area (Å²) in [6.07, 6.45) is 6.75. The van der Waals surface area contributed by atoms with Crippen molar-refractivity contribution in [3.8, 4) is 38.7 Å². The van der Waals surface area contributed by atoms with E-state index in [-0.39, 0.29) is 11.5 Å². The van der Waals surface area contributed by atoms with Gasteiger partial charge in [-0.05, 0) is 48.9 Å².